The zero-order valence-corrected chi connectivity index (χ0v) is 16.0. The van der Waals surface area contributed by atoms with Crippen molar-refractivity contribution in [2.75, 3.05) is 23.4 Å². The second-order valence-corrected chi connectivity index (χ2v) is 7.16. The number of benzene rings is 2. The molecule has 1 N–H and O–H groups in total. The van der Waals surface area contributed by atoms with Gasteiger partial charge in [0.05, 0.1) is 5.69 Å². The molecule has 2 amide bonds. The molecule has 0 saturated carbocycles. The highest BCUT2D eigenvalue weighted by atomic mass is 79.9. The number of aryl methyl sites for hydroxylation is 1. The normalized spacial score (nSPS) is 13.3. The molecule has 3 rings (SSSR count). The summed E-state index contributed by atoms with van der Waals surface area (Å²) in [7, 11) is 0. The molecule has 7 heteroatoms. The molecule has 0 spiro atoms. The van der Waals surface area contributed by atoms with E-state index in [9.17, 15) is 9.59 Å². The van der Waals surface area contributed by atoms with Crippen molar-refractivity contribution in [3.8, 4) is 5.75 Å². The average Bonchev–Trinajstić information content (AvgIpc) is 2.53. The van der Waals surface area contributed by atoms with Gasteiger partial charge in [0.2, 0.25) is 5.91 Å². The molecule has 0 bridgehead atoms. The van der Waals surface area contributed by atoms with Crippen LogP contribution in [0.5, 0.6) is 5.75 Å². The molecule has 1 aliphatic heterocycles. The number of fused-ring (bicyclic) bond motifs is 1. The standard InChI is InChI=1S/C17H14Br2N2O3/c1-10-2-4-12(7-13(10)19)20-16(22)8-21-14-5-3-11(18)6-15(14)24-9-17(21)23/h2-7H,8-9H2,1H3,(H,20,22). The molecular weight excluding hydrogens is 440 g/mol. The minimum Gasteiger partial charge on any atom is -0.482 e. The summed E-state index contributed by atoms with van der Waals surface area (Å²) in [6, 6.07) is 10.9. The van der Waals surface area contributed by atoms with Gasteiger partial charge < -0.3 is 10.1 Å². The van der Waals surface area contributed by atoms with Crippen LogP contribution in [0.1, 0.15) is 5.56 Å². The first-order chi connectivity index (χ1) is 11.4. The third kappa shape index (κ3) is 3.62. The number of nitrogens with one attached hydrogen (secondary N) is 1. The maximum Gasteiger partial charge on any atom is 0.265 e. The first-order valence-electron chi connectivity index (χ1n) is 7.23. The lowest BCUT2D eigenvalue weighted by Crippen LogP contribution is -2.43. The van der Waals surface area contributed by atoms with Gasteiger partial charge in [-0.3, -0.25) is 14.5 Å². The predicted molar refractivity (Wildman–Crippen MR) is 99.5 cm³/mol. The van der Waals surface area contributed by atoms with Crippen LogP contribution >= 0.6 is 31.9 Å². The van der Waals surface area contributed by atoms with Gasteiger partial charge >= 0.3 is 0 Å². The second kappa shape index (κ2) is 6.94. The van der Waals surface area contributed by atoms with Crippen LogP contribution in [0.3, 0.4) is 0 Å². The highest BCUT2D eigenvalue weighted by Gasteiger charge is 2.27. The summed E-state index contributed by atoms with van der Waals surface area (Å²) in [6.07, 6.45) is 0. The van der Waals surface area contributed by atoms with E-state index in [1.807, 2.05) is 31.2 Å². The SMILES string of the molecule is Cc1ccc(NC(=O)CN2C(=O)COc3cc(Br)ccc32)cc1Br. The largest absolute Gasteiger partial charge is 0.482 e. The Morgan fingerprint density at radius 1 is 1.25 bits per heavy atom. The fourth-order valence-electron chi connectivity index (χ4n) is 2.37. The van der Waals surface area contributed by atoms with Crippen LogP contribution in [-0.4, -0.2) is 25.0 Å². The number of hydrogen-bond acceptors (Lipinski definition) is 3. The maximum atomic E-state index is 12.3. The van der Waals surface area contributed by atoms with Crippen molar-refractivity contribution < 1.29 is 14.3 Å². The van der Waals surface area contributed by atoms with Crippen molar-refractivity contribution in [1.29, 1.82) is 0 Å². The van der Waals surface area contributed by atoms with Crippen LogP contribution < -0.4 is 15.0 Å². The molecule has 0 aromatic heterocycles. The lowest BCUT2D eigenvalue weighted by atomic mass is 10.2. The number of carbonyl (C=O) groups is 2. The number of amides is 2. The lowest BCUT2D eigenvalue weighted by Gasteiger charge is -2.29. The van der Waals surface area contributed by atoms with E-state index >= 15 is 0 Å². The van der Waals surface area contributed by atoms with Crippen LogP contribution in [0.4, 0.5) is 11.4 Å². The van der Waals surface area contributed by atoms with E-state index < -0.39 is 0 Å². The van der Waals surface area contributed by atoms with Crippen molar-refractivity contribution in [1.82, 2.24) is 0 Å². The number of halogens is 2. The van der Waals surface area contributed by atoms with Crippen LogP contribution in [-0.2, 0) is 9.59 Å². The van der Waals surface area contributed by atoms with Gasteiger partial charge in [0.15, 0.2) is 6.61 Å². The van der Waals surface area contributed by atoms with Crippen LogP contribution in [0.25, 0.3) is 0 Å². The Morgan fingerprint density at radius 3 is 2.79 bits per heavy atom. The Kier molecular flexibility index (Phi) is 4.91. The summed E-state index contributed by atoms with van der Waals surface area (Å²) >= 11 is 6.80. The molecular formula is C17H14Br2N2O3. The smallest absolute Gasteiger partial charge is 0.265 e. The van der Waals surface area contributed by atoms with Gasteiger partial charge in [-0.15, -0.1) is 0 Å². The zero-order chi connectivity index (χ0) is 17.3. The molecule has 0 aliphatic carbocycles. The highest BCUT2D eigenvalue weighted by Crippen LogP contribution is 2.34. The molecule has 0 fully saturated rings. The fraction of sp³-hybridized carbons (Fsp3) is 0.176. The topological polar surface area (TPSA) is 58.6 Å². The van der Waals surface area contributed by atoms with Crippen LogP contribution in [0.15, 0.2) is 45.3 Å². The van der Waals surface area contributed by atoms with Crippen molar-refractivity contribution in [3.63, 3.8) is 0 Å². The van der Waals surface area contributed by atoms with E-state index in [2.05, 4.69) is 37.2 Å². The van der Waals surface area contributed by atoms with E-state index in [-0.39, 0.29) is 25.0 Å². The van der Waals surface area contributed by atoms with E-state index in [0.717, 1.165) is 14.5 Å². The van der Waals surface area contributed by atoms with Gasteiger partial charge in [-0.05, 0) is 42.8 Å². The third-order valence-electron chi connectivity index (χ3n) is 3.62. The molecule has 0 unspecified atom stereocenters. The van der Waals surface area contributed by atoms with E-state index in [0.29, 0.717) is 17.1 Å². The molecule has 1 heterocycles. The lowest BCUT2D eigenvalue weighted by molar-refractivity contribution is -0.123. The van der Waals surface area contributed by atoms with Crippen molar-refractivity contribution in [3.05, 3.63) is 50.9 Å². The summed E-state index contributed by atoms with van der Waals surface area (Å²) in [4.78, 5) is 25.9. The van der Waals surface area contributed by atoms with Gasteiger partial charge in [-0.2, -0.15) is 0 Å². The van der Waals surface area contributed by atoms with E-state index in [1.54, 1.807) is 12.1 Å². The molecule has 0 radical (unpaired) electrons. The van der Waals surface area contributed by atoms with Crippen molar-refractivity contribution in [2.24, 2.45) is 0 Å². The number of ether oxygens (including phenoxy) is 1. The second-order valence-electron chi connectivity index (χ2n) is 5.39. The average molecular weight is 454 g/mol. The zero-order valence-electron chi connectivity index (χ0n) is 12.8. The van der Waals surface area contributed by atoms with Gasteiger partial charge in [0.25, 0.3) is 5.91 Å². The summed E-state index contributed by atoms with van der Waals surface area (Å²) in [5, 5.41) is 2.81. The Bertz CT molecular complexity index is 823. The Morgan fingerprint density at radius 2 is 2.04 bits per heavy atom. The van der Waals surface area contributed by atoms with E-state index in [1.165, 1.54) is 4.90 Å². The first-order valence-corrected chi connectivity index (χ1v) is 8.81. The minimum absolute atomic E-state index is 0.0671. The molecule has 5 nitrogen and oxygen atoms in total. The van der Waals surface area contributed by atoms with Gasteiger partial charge in [0, 0.05) is 14.6 Å². The number of hydrogen-bond donors (Lipinski definition) is 1. The Labute approximate surface area is 156 Å². The van der Waals surface area contributed by atoms with Gasteiger partial charge in [-0.25, -0.2) is 0 Å². The number of nitrogens with zero attached hydrogens (tertiary/aromatic N) is 1. The van der Waals surface area contributed by atoms with Crippen LogP contribution in [0.2, 0.25) is 0 Å². The first kappa shape index (κ1) is 17.0. The summed E-state index contributed by atoms with van der Waals surface area (Å²) in [6.45, 7) is 1.83. The monoisotopic (exact) mass is 452 g/mol. The highest BCUT2D eigenvalue weighted by molar-refractivity contribution is 9.10. The Balaban J connectivity index is 1.76. The number of rotatable bonds is 3. The Hall–Kier alpha value is -1.86. The minimum atomic E-state index is -0.269. The maximum absolute atomic E-state index is 12.3. The quantitative estimate of drug-likeness (QED) is 0.766. The third-order valence-corrected chi connectivity index (χ3v) is 4.97. The molecule has 124 valence electrons. The number of anilines is 2. The van der Waals surface area contributed by atoms with Crippen LogP contribution in [0, 0.1) is 6.92 Å². The van der Waals surface area contributed by atoms with Crippen molar-refractivity contribution in [2.45, 2.75) is 6.92 Å². The van der Waals surface area contributed by atoms with Gasteiger partial charge in [0.1, 0.15) is 12.3 Å². The summed E-state index contributed by atoms with van der Waals surface area (Å²) in [5.74, 6) is 0.0646. The molecule has 2 aromatic carbocycles. The fourth-order valence-corrected chi connectivity index (χ4v) is 3.09. The molecule has 2 aromatic rings. The summed E-state index contributed by atoms with van der Waals surface area (Å²) < 4.78 is 7.18. The van der Waals surface area contributed by atoms with Crippen molar-refractivity contribution >= 4 is 55.0 Å². The molecule has 1 aliphatic rings. The molecule has 0 atom stereocenters. The summed E-state index contributed by atoms with van der Waals surface area (Å²) in [5.41, 5.74) is 2.35. The molecule has 0 saturated heterocycles. The predicted octanol–water partition coefficient (Wildman–Crippen LogP) is 3.88. The molecule has 24 heavy (non-hydrogen) atoms. The number of carbonyl (C=O) groups excluding carboxylic acids is 2. The van der Waals surface area contributed by atoms with E-state index in [4.69, 9.17) is 4.74 Å². The van der Waals surface area contributed by atoms with Gasteiger partial charge in [-0.1, -0.05) is 37.9 Å².